The van der Waals surface area contributed by atoms with Crippen LogP contribution in [0.25, 0.3) is 0 Å². The van der Waals surface area contributed by atoms with Crippen LogP contribution in [0.2, 0.25) is 0 Å². The van der Waals surface area contributed by atoms with E-state index in [2.05, 4.69) is 0 Å². The van der Waals surface area contributed by atoms with E-state index in [9.17, 15) is 23.8 Å². The molecule has 6 heteroatoms. The number of allylic oxidation sites excluding steroid dienone is 1. The second kappa shape index (κ2) is 8.56. The Labute approximate surface area is 191 Å². The fraction of sp³-hybridized carbons (Fsp3) is 0.444. The monoisotopic (exact) mass is 454 g/mol. The van der Waals surface area contributed by atoms with Crippen LogP contribution >= 0.6 is 0 Å². The van der Waals surface area contributed by atoms with Crippen molar-refractivity contribution in [3.05, 3.63) is 76.9 Å². The molecule has 2 N–H and O–H groups in total. The number of halogens is 2. The molecule has 1 heterocycles. The molecular formula is C27H28F2O4. The van der Waals surface area contributed by atoms with E-state index in [4.69, 9.17) is 4.74 Å². The normalized spacial score (nSPS) is 26.6. The number of carboxylic acid groups (broad SMARTS) is 1. The van der Waals surface area contributed by atoms with Crippen LogP contribution in [-0.4, -0.2) is 28.4 Å². The highest BCUT2D eigenvalue weighted by Gasteiger charge is 2.47. The Morgan fingerprint density at radius 2 is 1.88 bits per heavy atom. The zero-order valence-electron chi connectivity index (χ0n) is 18.3. The number of fused-ring (bicyclic) bond motifs is 2. The van der Waals surface area contributed by atoms with E-state index in [0.29, 0.717) is 18.6 Å². The molecule has 0 bridgehead atoms. The number of benzene rings is 2. The topological polar surface area (TPSA) is 66.8 Å². The van der Waals surface area contributed by atoms with Gasteiger partial charge >= 0.3 is 5.97 Å². The first-order valence-electron chi connectivity index (χ1n) is 11.7. The smallest absolute Gasteiger partial charge is 0.335 e. The summed E-state index contributed by atoms with van der Waals surface area (Å²) >= 11 is 0. The molecule has 4 nitrogen and oxygen atoms in total. The summed E-state index contributed by atoms with van der Waals surface area (Å²) in [7, 11) is 0. The first kappa shape index (κ1) is 22.1. The van der Waals surface area contributed by atoms with Crippen molar-refractivity contribution in [2.24, 2.45) is 11.8 Å². The van der Waals surface area contributed by atoms with Crippen molar-refractivity contribution in [3.63, 3.8) is 0 Å². The molecule has 2 aliphatic carbocycles. The maximum Gasteiger partial charge on any atom is 0.335 e. The number of rotatable bonds is 5. The van der Waals surface area contributed by atoms with Gasteiger partial charge in [0.05, 0.1) is 11.7 Å². The summed E-state index contributed by atoms with van der Waals surface area (Å²) in [5.41, 5.74) is 0.324. The summed E-state index contributed by atoms with van der Waals surface area (Å²) < 4.78 is 35.3. The maximum absolute atomic E-state index is 14.5. The van der Waals surface area contributed by atoms with Crippen molar-refractivity contribution in [1.82, 2.24) is 0 Å². The van der Waals surface area contributed by atoms with Gasteiger partial charge in [0.15, 0.2) is 0 Å². The van der Waals surface area contributed by atoms with Crippen molar-refractivity contribution >= 4 is 5.97 Å². The highest BCUT2D eigenvalue weighted by Crippen LogP contribution is 2.49. The minimum absolute atomic E-state index is 0.000169. The van der Waals surface area contributed by atoms with E-state index < -0.39 is 29.1 Å². The Hall–Kier alpha value is -2.73. The lowest BCUT2D eigenvalue weighted by molar-refractivity contribution is 0.0563. The Morgan fingerprint density at radius 3 is 2.55 bits per heavy atom. The van der Waals surface area contributed by atoms with E-state index in [-0.39, 0.29) is 29.1 Å². The molecule has 2 aromatic rings. The molecule has 3 aliphatic rings. The molecule has 174 valence electrons. The van der Waals surface area contributed by atoms with Crippen LogP contribution in [0.15, 0.2) is 48.6 Å². The van der Waals surface area contributed by atoms with Gasteiger partial charge in [-0.25, -0.2) is 13.6 Å². The van der Waals surface area contributed by atoms with Gasteiger partial charge < -0.3 is 14.9 Å². The average molecular weight is 455 g/mol. The number of hydrogen-bond acceptors (Lipinski definition) is 3. The zero-order valence-corrected chi connectivity index (χ0v) is 18.3. The van der Waals surface area contributed by atoms with Gasteiger partial charge in [-0.3, -0.25) is 0 Å². The predicted molar refractivity (Wildman–Crippen MR) is 119 cm³/mol. The van der Waals surface area contributed by atoms with Crippen molar-refractivity contribution in [2.45, 2.75) is 62.6 Å². The number of aliphatic hydroxyl groups is 1. The minimum atomic E-state index is -0.973. The van der Waals surface area contributed by atoms with Crippen LogP contribution in [0.5, 0.6) is 5.75 Å². The molecule has 2 aromatic carbocycles. The number of carboxylic acids is 1. The van der Waals surface area contributed by atoms with Gasteiger partial charge in [-0.1, -0.05) is 30.7 Å². The summed E-state index contributed by atoms with van der Waals surface area (Å²) in [6.45, 7) is 0. The molecule has 1 unspecified atom stereocenters. The van der Waals surface area contributed by atoms with E-state index in [1.165, 1.54) is 18.2 Å². The van der Waals surface area contributed by atoms with Crippen molar-refractivity contribution < 1.29 is 28.5 Å². The van der Waals surface area contributed by atoms with E-state index >= 15 is 0 Å². The SMILES string of the molecule is O=C(O)c1ccc2c(c1)O[C@H]1CC[C@H](/C=C/C(O)C3(c4c(F)cccc4F)CCC3)[C@H]1CC2. The first-order chi connectivity index (χ1) is 15.9. The summed E-state index contributed by atoms with van der Waals surface area (Å²) in [6, 6.07) is 8.91. The standard InChI is InChI=1S/C27H28F2O4/c28-20-3-1-4-21(29)25(20)27(13-2-14-27)24(30)12-9-16-8-11-22-19(16)10-7-17-5-6-18(26(31)32)15-23(17)33-22/h1,3-6,9,12,15-16,19,22,24,30H,2,7-8,10-11,13-14H2,(H,31,32)/b12-9+/t16-,19-,22+,24?/m1/s1. The van der Waals surface area contributed by atoms with Gasteiger partial charge in [0.1, 0.15) is 23.5 Å². The Bertz CT molecular complexity index is 1070. The number of aromatic carboxylic acids is 1. The van der Waals surface area contributed by atoms with Gasteiger partial charge in [-0.2, -0.15) is 0 Å². The molecule has 4 atom stereocenters. The fourth-order valence-electron chi connectivity index (χ4n) is 5.99. The minimum Gasteiger partial charge on any atom is -0.490 e. The molecule has 0 amide bonds. The van der Waals surface area contributed by atoms with E-state index in [1.807, 2.05) is 12.1 Å². The van der Waals surface area contributed by atoms with E-state index in [0.717, 1.165) is 37.7 Å². The largest absolute Gasteiger partial charge is 0.490 e. The Morgan fingerprint density at radius 1 is 1.12 bits per heavy atom. The lowest BCUT2D eigenvalue weighted by Crippen LogP contribution is -2.46. The third kappa shape index (κ3) is 3.84. The summed E-state index contributed by atoms with van der Waals surface area (Å²) in [4.78, 5) is 11.3. The number of carbonyl (C=O) groups is 1. The average Bonchev–Trinajstić information content (AvgIpc) is 3.03. The van der Waals surface area contributed by atoms with Crippen molar-refractivity contribution in [1.29, 1.82) is 0 Å². The van der Waals surface area contributed by atoms with Crippen LogP contribution in [0.1, 0.15) is 60.0 Å². The van der Waals surface area contributed by atoms with Crippen LogP contribution in [0.4, 0.5) is 8.78 Å². The molecule has 0 radical (unpaired) electrons. The lowest BCUT2D eigenvalue weighted by atomic mass is 9.60. The second-order valence-corrected chi connectivity index (χ2v) is 9.66. The summed E-state index contributed by atoms with van der Waals surface area (Å²) in [6.07, 6.45) is 8.16. The highest BCUT2D eigenvalue weighted by atomic mass is 19.1. The zero-order chi connectivity index (χ0) is 23.2. The van der Waals surface area contributed by atoms with Crippen LogP contribution in [0.3, 0.4) is 0 Å². The van der Waals surface area contributed by atoms with Gasteiger partial charge in [0, 0.05) is 16.9 Å². The molecular weight excluding hydrogens is 426 g/mol. The molecule has 33 heavy (non-hydrogen) atoms. The van der Waals surface area contributed by atoms with Gasteiger partial charge in [0.2, 0.25) is 0 Å². The predicted octanol–water partition coefficient (Wildman–Crippen LogP) is 5.42. The molecule has 0 saturated heterocycles. The van der Waals surface area contributed by atoms with Gasteiger partial charge in [0.25, 0.3) is 0 Å². The Balaban J connectivity index is 1.33. The number of aliphatic hydroxyl groups excluding tert-OH is 1. The summed E-state index contributed by atoms with van der Waals surface area (Å²) in [5, 5.41) is 20.3. The molecule has 0 spiro atoms. The van der Waals surface area contributed by atoms with Crippen molar-refractivity contribution in [3.8, 4) is 5.75 Å². The molecule has 0 aromatic heterocycles. The van der Waals surface area contributed by atoms with Gasteiger partial charge in [-0.15, -0.1) is 0 Å². The van der Waals surface area contributed by atoms with E-state index in [1.54, 1.807) is 18.2 Å². The number of hydrogen-bond donors (Lipinski definition) is 2. The quantitative estimate of drug-likeness (QED) is 0.592. The molecule has 2 saturated carbocycles. The second-order valence-electron chi connectivity index (χ2n) is 9.66. The summed E-state index contributed by atoms with van der Waals surface area (Å²) in [5.74, 6) is -1.08. The number of ether oxygens (including phenoxy) is 1. The molecule has 5 rings (SSSR count). The van der Waals surface area contributed by atoms with Crippen LogP contribution in [-0.2, 0) is 11.8 Å². The van der Waals surface area contributed by atoms with Gasteiger partial charge in [-0.05, 0) is 74.3 Å². The van der Waals surface area contributed by atoms with Crippen LogP contribution < -0.4 is 4.74 Å². The van der Waals surface area contributed by atoms with Crippen molar-refractivity contribution in [2.75, 3.05) is 0 Å². The maximum atomic E-state index is 14.5. The molecule has 1 aliphatic heterocycles. The molecule has 2 fully saturated rings. The Kier molecular flexibility index (Phi) is 5.73. The van der Waals surface area contributed by atoms with Crippen LogP contribution in [0, 0.1) is 23.5 Å². The number of aryl methyl sites for hydroxylation is 1. The lowest BCUT2D eigenvalue weighted by Gasteiger charge is -2.45. The first-order valence-corrected chi connectivity index (χ1v) is 11.7. The third-order valence-electron chi connectivity index (χ3n) is 7.96. The third-order valence-corrected chi connectivity index (χ3v) is 7.96. The highest BCUT2D eigenvalue weighted by molar-refractivity contribution is 5.88. The fourth-order valence-corrected chi connectivity index (χ4v) is 5.99.